The number of anilines is 2. The molecular formula is C20H23N3O3. The van der Waals surface area contributed by atoms with E-state index in [1.165, 1.54) is 12.7 Å². The lowest BCUT2D eigenvalue weighted by atomic mass is 10.1. The lowest BCUT2D eigenvalue weighted by Crippen LogP contribution is -2.36. The predicted molar refractivity (Wildman–Crippen MR) is 101 cm³/mol. The van der Waals surface area contributed by atoms with E-state index < -0.39 is 6.09 Å². The monoisotopic (exact) mass is 353 g/mol. The van der Waals surface area contributed by atoms with E-state index in [0.29, 0.717) is 17.9 Å². The van der Waals surface area contributed by atoms with Gasteiger partial charge in [-0.05, 0) is 43.5 Å². The van der Waals surface area contributed by atoms with Gasteiger partial charge in [0.25, 0.3) is 0 Å². The molecule has 0 radical (unpaired) electrons. The van der Waals surface area contributed by atoms with E-state index >= 15 is 0 Å². The van der Waals surface area contributed by atoms with Gasteiger partial charge in [-0.3, -0.25) is 5.32 Å². The second-order valence-corrected chi connectivity index (χ2v) is 6.48. The first-order valence-electron chi connectivity index (χ1n) is 8.63. The van der Waals surface area contributed by atoms with E-state index in [9.17, 15) is 9.59 Å². The van der Waals surface area contributed by atoms with E-state index in [1.54, 1.807) is 24.3 Å². The van der Waals surface area contributed by atoms with Gasteiger partial charge in [-0.2, -0.15) is 0 Å². The van der Waals surface area contributed by atoms with Crippen molar-refractivity contribution < 1.29 is 14.3 Å². The number of aryl methyl sites for hydroxylation is 1. The molecule has 1 aliphatic carbocycles. The highest BCUT2D eigenvalue weighted by molar-refractivity contribution is 5.91. The van der Waals surface area contributed by atoms with Crippen molar-refractivity contribution in [2.75, 3.05) is 17.7 Å². The number of amides is 3. The topological polar surface area (TPSA) is 70.7 Å². The Morgan fingerprint density at radius 3 is 2.42 bits per heavy atom. The highest BCUT2D eigenvalue weighted by Gasteiger charge is 2.32. The van der Waals surface area contributed by atoms with Crippen LogP contribution in [-0.2, 0) is 11.3 Å². The number of hydrogen-bond donors (Lipinski definition) is 2. The molecule has 0 spiro atoms. The number of benzene rings is 2. The van der Waals surface area contributed by atoms with Crippen LogP contribution in [0, 0.1) is 6.92 Å². The Balaban J connectivity index is 1.68. The van der Waals surface area contributed by atoms with E-state index in [1.807, 2.05) is 30.0 Å². The van der Waals surface area contributed by atoms with Gasteiger partial charge in [0.15, 0.2) is 0 Å². The summed E-state index contributed by atoms with van der Waals surface area (Å²) >= 11 is 0. The van der Waals surface area contributed by atoms with Crippen LogP contribution in [-0.4, -0.2) is 30.2 Å². The number of urea groups is 1. The van der Waals surface area contributed by atoms with Crippen LogP contribution in [0.3, 0.4) is 0 Å². The van der Waals surface area contributed by atoms with Crippen LogP contribution in [0.25, 0.3) is 0 Å². The van der Waals surface area contributed by atoms with Gasteiger partial charge in [0.05, 0.1) is 7.11 Å². The van der Waals surface area contributed by atoms with E-state index in [0.717, 1.165) is 18.4 Å². The summed E-state index contributed by atoms with van der Waals surface area (Å²) in [4.78, 5) is 26.0. The summed E-state index contributed by atoms with van der Waals surface area (Å²) in [5.41, 5.74) is 3.48. The maximum absolute atomic E-state index is 12.8. The molecule has 6 nitrogen and oxygen atoms in total. The van der Waals surface area contributed by atoms with E-state index in [-0.39, 0.29) is 12.1 Å². The summed E-state index contributed by atoms with van der Waals surface area (Å²) in [5, 5.41) is 5.51. The number of nitrogens with one attached hydrogen (secondary N) is 2. The number of carbonyl (C=O) groups excluding carboxylic acids is 2. The Kier molecular flexibility index (Phi) is 5.41. The van der Waals surface area contributed by atoms with Crippen molar-refractivity contribution >= 4 is 23.5 Å². The Morgan fingerprint density at radius 2 is 1.77 bits per heavy atom. The molecular weight excluding hydrogens is 330 g/mol. The van der Waals surface area contributed by atoms with Gasteiger partial charge in [0.1, 0.15) is 0 Å². The normalized spacial score (nSPS) is 13.0. The number of rotatable bonds is 5. The zero-order chi connectivity index (χ0) is 18.5. The Morgan fingerprint density at radius 1 is 1.08 bits per heavy atom. The first kappa shape index (κ1) is 17.8. The third-order valence-electron chi connectivity index (χ3n) is 4.23. The fourth-order valence-electron chi connectivity index (χ4n) is 2.80. The quantitative estimate of drug-likeness (QED) is 0.838. The summed E-state index contributed by atoms with van der Waals surface area (Å²) < 4.78 is 4.58. The fraction of sp³-hybridized carbons (Fsp3) is 0.300. The highest BCUT2D eigenvalue weighted by atomic mass is 16.5. The third kappa shape index (κ3) is 4.75. The Labute approximate surface area is 153 Å². The standard InChI is InChI=1S/C20H23N3O3/c1-14-5-3-6-15(11-14)13-23(18-9-10-18)19(24)21-16-7-4-8-17(12-16)22-20(25)26-2/h3-8,11-12,18H,9-10,13H2,1-2H3,(H,21,24)(H,22,25). The maximum Gasteiger partial charge on any atom is 0.411 e. The Bertz CT molecular complexity index is 802. The average molecular weight is 353 g/mol. The highest BCUT2D eigenvalue weighted by Crippen LogP contribution is 2.29. The van der Waals surface area contributed by atoms with Gasteiger partial charge in [0.2, 0.25) is 0 Å². The molecule has 1 aliphatic rings. The number of hydrogen-bond acceptors (Lipinski definition) is 3. The zero-order valence-corrected chi connectivity index (χ0v) is 15.0. The van der Waals surface area contributed by atoms with Crippen molar-refractivity contribution in [3.63, 3.8) is 0 Å². The molecule has 0 heterocycles. The lowest BCUT2D eigenvalue weighted by Gasteiger charge is -2.23. The minimum atomic E-state index is -0.549. The molecule has 0 unspecified atom stereocenters. The first-order chi connectivity index (χ1) is 12.5. The van der Waals surface area contributed by atoms with Crippen LogP contribution in [0.5, 0.6) is 0 Å². The van der Waals surface area contributed by atoms with Gasteiger partial charge >= 0.3 is 12.1 Å². The van der Waals surface area contributed by atoms with Crippen LogP contribution in [0.2, 0.25) is 0 Å². The van der Waals surface area contributed by atoms with Crippen LogP contribution in [0.1, 0.15) is 24.0 Å². The molecule has 3 amide bonds. The largest absolute Gasteiger partial charge is 0.453 e. The Hall–Kier alpha value is -3.02. The lowest BCUT2D eigenvalue weighted by molar-refractivity contribution is 0.187. The van der Waals surface area contributed by atoms with Crippen LogP contribution in [0.4, 0.5) is 21.0 Å². The smallest absolute Gasteiger partial charge is 0.411 e. The molecule has 0 saturated heterocycles. The first-order valence-corrected chi connectivity index (χ1v) is 8.63. The number of nitrogens with zero attached hydrogens (tertiary/aromatic N) is 1. The summed E-state index contributed by atoms with van der Waals surface area (Å²) in [6.07, 6.45) is 1.51. The van der Waals surface area contributed by atoms with Crippen LogP contribution < -0.4 is 10.6 Å². The molecule has 1 fully saturated rings. The van der Waals surface area contributed by atoms with Crippen molar-refractivity contribution in [3.05, 3.63) is 59.7 Å². The molecule has 6 heteroatoms. The average Bonchev–Trinajstić information content (AvgIpc) is 3.45. The minimum absolute atomic E-state index is 0.135. The van der Waals surface area contributed by atoms with E-state index in [4.69, 9.17) is 0 Å². The fourth-order valence-corrected chi connectivity index (χ4v) is 2.80. The minimum Gasteiger partial charge on any atom is -0.453 e. The molecule has 26 heavy (non-hydrogen) atoms. The number of methoxy groups -OCH3 is 1. The maximum atomic E-state index is 12.8. The molecule has 0 aromatic heterocycles. The molecule has 3 rings (SSSR count). The number of ether oxygens (including phenoxy) is 1. The predicted octanol–water partition coefficient (Wildman–Crippen LogP) is 4.37. The molecule has 2 aromatic rings. The second kappa shape index (κ2) is 7.91. The molecule has 0 atom stereocenters. The van der Waals surface area contributed by atoms with Gasteiger partial charge in [-0.15, -0.1) is 0 Å². The van der Waals surface area contributed by atoms with Crippen molar-refractivity contribution in [3.8, 4) is 0 Å². The van der Waals surface area contributed by atoms with Crippen molar-refractivity contribution in [2.24, 2.45) is 0 Å². The summed E-state index contributed by atoms with van der Waals surface area (Å²) in [6.45, 7) is 2.63. The molecule has 136 valence electrons. The van der Waals surface area contributed by atoms with Gasteiger partial charge in [-0.25, -0.2) is 9.59 Å². The van der Waals surface area contributed by atoms with Gasteiger partial charge in [0, 0.05) is 24.0 Å². The molecule has 0 aliphatic heterocycles. The summed E-state index contributed by atoms with van der Waals surface area (Å²) in [5.74, 6) is 0. The third-order valence-corrected chi connectivity index (χ3v) is 4.23. The molecule has 2 aromatic carbocycles. The van der Waals surface area contributed by atoms with Crippen LogP contribution in [0.15, 0.2) is 48.5 Å². The second-order valence-electron chi connectivity index (χ2n) is 6.48. The van der Waals surface area contributed by atoms with Gasteiger partial charge in [-0.1, -0.05) is 35.9 Å². The number of carbonyl (C=O) groups is 2. The molecule has 0 bridgehead atoms. The zero-order valence-electron chi connectivity index (χ0n) is 15.0. The van der Waals surface area contributed by atoms with E-state index in [2.05, 4.69) is 21.4 Å². The SMILES string of the molecule is COC(=O)Nc1cccc(NC(=O)N(Cc2cccc(C)c2)C2CC2)c1. The van der Waals surface area contributed by atoms with Crippen molar-refractivity contribution in [2.45, 2.75) is 32.4 Å². The molecule has 1 saturated carbocycles. The van der Waals surface area contributed by atoms with Crippen molar-refractivity contribution in [1.82, 2.24) is 4.90 Å². The van der Waals surface area contributed by atoms with Gasteiger partial charge < -0.3 is 15.0 Å². The summed E-state index contributed by atoms with van der Waals surface area (Å²) in [6, 6.07) is 15.3. The van der Waals surface area contributed by atoms with Crippen LogP contribution >= 0.6 is 0 Å². The summed E-state index contributed by atoms with van der Waals surface area (Å²) in [7, 11) is 1.31. The molecule has 2 N–H and O–H groups in total. The van der Waals surface area contributed by atoms with Crippen molar-refractivity contribution in [1.29, 1.82) is 0 Å².